The Morgan fingerprint density at radius 2 is 1.61 bits per heavy atom. The van der Waals surface area contributed by atoms with E-state index in [0.717, 1.165) is 10.7 Å². The van der Waals surface area contributed by atoms with Crippen molar-refractivity contribution >= 4 is 26.0 Å². The molecular formula is C17H18BrNO3S. The van der Waals surface area contributed by atoms with Crippen molar-refractivity contribution in [2.75, 3.05) is 19.3 Å². The van der Waals surface area contributed by atoms with E-state index in [4.69, 9.17) is 4.18 Å². The van der Waals surface area contributed by atoms with Gasteiger partial charge in [0.05, 0.1) is 12.3 Å². The van der Waals surface area contributed by atoms with Gasteiger partial charge in [0.15, 0.2) is 0 Å². The number of halogens is 1. The minimum atomic E-state index is -3.40. The van der Waals surface area contributed by atoms with Crippen molar-refractivity contribution < 1.29 is 12.6 Å². The van der Waals surface area contributed by atoms with Gasteiger partial charge in [0.1, 0.15) is 6.10 Å². The molecule has 23 heavy (non-hydrogen) atoms. The van der Waals surface area contributed by atoms with Gasteiger partial charge in [-0.3, -0.25) is 9.08 Å². The van der Waals surface area contributed by atoms with Gasteiger partial charge in [-0.2, -0.15) is 8.42 Å². The van der Waals surface area contributed by atoms with E-state index in [-0.39, 0.29) is 12.1 Å². The van der Waals surface area contributed by atoms with E-state index in [1.54, 1.807) is 0 Å². The quantitative estimate of drug-likeness (QED) is 0.729. The van der Waals surface area contributed by atoms with Crippen LogP contribution < -0.4 is 0 Å². The largest absolute Gasteiger partial charge is 0.287 e. The van der Waals surface area contributed by atoms with Crippen LogP contribution in [0.5, 0.6) is 0 Å². The van der Waals surface area contributed by atoms with Crippen molar-refractivity contribution in [3.8, 4) is 0 Å². The lowest BCUT2D eigenvalue weighted by Gasteiger charge is -2.43. The highest BCUT2D eigenvalue weighted by Crippen LogP contribution is 2.33. The highest BCUT2D eigenvalue weighted by Gasteiger charge is 2.36. The van der Waals surface area contributed by atoms with Gasteiger partial charge in [-0.1, -0.05) is 58.4 Å². The van der Waals surface area contributed by atoms with Crippen LogP contribution in [-0.4, -0.2) is 38.8 Å². The fourth-order valence-corrected chi connectivity index (χ4v) is 3.76. The molecule has 2 aromatic rings. The zero-order valence-corrected chi connectivity index (χ0v) is 15.1. The Bertz CT molecular complexity index is 756. The Hall–Kier alpha value is -1.21. The second-order valence-electron chi connectivity index (χ2n) is 5.74. The van der Waals surface area contributed by atoms with Gasteiger partial charge in [0.2, 0.25) is 0 Å². The number of nitrogens with zero attached hydrogens (tertiary/aromatic N) is 1. The van der Waals surface area contributed by atoms with Gasteiger partial charge in [-0.05, 0) is 23.3 Å². The molecule has 1 fully saturated rings. The highest BCUT2D eigenvalue weighted by atomic mass is 79.9. The second kappa shape index (κ2) is 6.73. The van der Waals surface area contributed by atoms with E-state index in [9.17, 15) is 8.42 Å². The van der Waals surface area contributed by atoms with Crippen LogP contribution in [0.15, 0.2) is 59.1 Å². The standard InChI is InChI=1S/C17H18BrNO3S/c1-23(20,21)22-16-11-19(12-16)17(13-5-3-2-4-6-13)14-7-9-15(18)10-8-14/h2-10,16-17H,11-12H2,1H3/t17-/m0/s1. The van der Waals surface area contributed by atoms with Gasteiger partial charge in [-0.15, -0.1) is 0 Å². The third-order valence-electron chi connectivity index (χ3n) is 3.85. The minimum Gasteiger partial charge on any atom is -0.287 e. The van der Waals surface area contributed by atoms with Crippen LogP contribution in [0, 0.1) is 0 Å². The highest BCUT2D eigenvalue weighted by molar-refractivity contribution is 9.10. The predicted octanol–water partition coefficient (Wildman–Crippen LogP) is 3.20. The molecule has 4 nitrogen and oxygen atoms in total. The van der Waals surface area contributed by atoms with Crippen LogP contribution in [0.4, 0.5) is 0 Å². The average molecular weight is 396 g/mol. The summed E-state index contributed by atoms with van der Waals surface area (Å²) in [5.41, 5.74) is 2.37. The average Bonchev–Trinajstić information content (AvgIpc) is 2.47. The molecule has 6 heteroatoms. The molecule has 3 rings (SSSR count). The zero-order valence-electron chi connectivity index (χ0n) is 12.7. The Morgan fingerprint density at radius 3 is 2.17 bits per heavy atom. The molecule has 2 aromatic carbocycles. The predicted molar refractivity (Wildman–Crippen MR) is 93.7 cm³/mol. The monoisotopic (exact) mass is 395 g/mol. The summed E-state index contributed by atoms with van der Waals surface area (Å²) < 4.78 is 28.6. The molecule has 0 bridgehead atoms. The van der Waals surface area contributed by atoms with Gasteiger partial charge in [0.25, 0.3) is 10.1 Å². The first-order valence-electron chi connectivity index (χ1n) is 7.35. The van der Waals surface area contributed by atoms with Crippen LogP contribution in [0.3, 0.4) is 0 Å². The first kappa shape index (κ1) is 16.6. The summed E-state index contributed by atoms with van der Waals surface area (Å²) in [5, 5.41) is 0. The van der Waals surface area contributed by atoms with Crippen LogP contribution in [-0.2, 0) is 14.3 Å². The third kappa shape index (κ3) is 4.20. The molecule has 0 N–H and O–H groups in total. The zero-order chi connectivity index (χ0) is 16.4. The van der Waals surface area contributed by atoms with Crippen LogP contribution >= 0.6 is 15.9 Å². The summed E-state index contributed by atoms with van der Waals surface area (Å²) in [6.07, 6.45) is 0.839. The van der Waals surface area contributed by atoms with Crippen LogP contribution in [0.25, 0.3) is 0 Å². The Morgan fingerprint density at radius 1 is 1.04 bits per heavy atom. The van der Waals surface area contributed by atoms with Gasteiger partial charge < -0.3 is 0 Å². The maximum absolute atomic E-state index is 11.2. The molecule has 0 aromatic heterocycles. The molecule has 1 aliphatic heterocycles. The lowest BCUT2D eigenvalue weighted by molar-refractivity contribution is 0.00475. The molecule has 0 radical (unpaired) electrons. The van der Waals surface area contributed by atoms with Gasteiger partial charge >= 0.3 is 0 Å². The molecule has 0 saturated carbocycles. The van der Waals surface area contributed by atoms with E-state index in [1.165, 1.54) is 11.1 Å². The summed E-state index contributed by atoms with van der Waals surface area (Å²) in [6.45, 7) is 1.20. The maximum atomic E-state index is 11.2. The summed E-state index contributed by atoms with van der Waals surface area (Å²) in [6, 6.07) is 18.5. The number of rotatable bonds is 5. The van der Waals surface area contributed by atoms with Crippen molar-refractivity contribution in [3.05, 3.63) is 70.2 Å². The number of hydrogen-bond donors (Lipinski definition) is 0. The van der Waals surface area contributed by atoms with Crippen LogP contribution in [0.1, 0.15) is 17.2 Å². The minimum absolute atomic E-state index is 0.101. The molecule has 1 atom stereocenters. The van der Waals surface area contributed by atoms with Crippen molar-refractivity contribution in [1.82, 2.24) is 4.90 Å². The molecule has 1 saturated heterocycles. The van der Waals surface area contributed by atoms with Gasteiger partial charge in [0, 0.05) is 17.6 Å². The number of likely N-dealkylation sites (tertiary alicyclic amines) is 1. The lowest BCUT2D eigenvalue weighted by Crippen LogP contribution is -2.54. The van der Waals surface area contributed by atoms with Crippen molar-refractivity contribution in [1.29, 1.82) is 0 Å². The van der Waals surface area contributed by atoms with Crippen molar-refractivity contribution in [2.45, 2.75) is 12.1 Å². The molecule has 1 aliphatic rings. The van der Waals surface area contributed by atoms with Crippen molar-refractivity contribution in [3.63, 3.8) is 0 Å². The van der Waals surface area contributed by atoms with E-state index in [2.05, 4.69) is 45.1 Å². The summed E-state index contributed by atoms with van der Waals surface area (Å²) in [5.74, 6) is 0. The molecule has 1 heterocycles. The number of hydrogen-bond acceptors (Lipinski definition) is 4. The second-order valence-corrected chi connectivity index (χ2v) is 8.26. The summed E-state index contributed by atoms with van der Waals surface area (Å²) in [7, 11) is -3.40. The summed E-state index contributed by atoms with van der Waals surface area (Å²) in [4.78, 5) is 2.23. The molecule has 122 valence electrons. The first-order valence-corrected chi connectivity index (χ1v) is 9.96. The molecule has 0 aliphatic carbocycles. The van der Waals surface area contributed by atoms with Crippen molar-refractivity contribution in [2.24, 2.45) is 0 Å². The van der Waals surface area contributed by atoms with Crippen LogP contribution in [0.2, 0.25) is 0 Å². The number of benzene rings is 2. The summed E-state index contributed by atoms with van der Waals surface area (Å²) >= 11 is 3.46. The molecule has 0 spiro atoms. The van der Waals surface area contributed by atoms with E-state index < -0.39 is 10.1 Å². The van der Waals surface area contributed by atoms with E-state index in [0.29, 0.717) is 13.1 Å². The SMILES string of the molecule is CS(=O)(=O)OC1CN([C@@H](c2ccccc2)c2ccc(Br)cc2)C1. The van der Waals surface area contributed by atoms with E-state index in [1.807, 2.05) is 30.3 Å². The normalized spacial score (nSPS) is 17.7. The lowest BCUT2D eigenvalue weighted by atomic mass is 9.94. The molecular weight excluding hydrogens is 378 g/mol. The third-order valence-corrected chi connectivity index (χ3v) is 5.00. The molecule has 0 unspecified atom stereocenters. The van der Waals surface area contributed by atoms with Gasteiger partial charge in [-0.25, -0.2) is 0 Å². The fraction of sp³-hybridized carbons (Fsp3) is 0.294. The molecule has 0 amide bonds. The topological polar surface area (TPSA) is 46.6 Å². The Kier molecular flexibility index (Phi) is 4.87. The Labute approximate surface area is 145 Å². The fourth-order valence-electron chi connectivity index (χ4n) is 2.88. The Balaban J connectivity index is 1.82. The smallest absolute Gasteiger partial charge is 0.264 e. The van der Waals surface area contributed by atoms with E-state index >= 15 is 0 Å². The first-order chi connectivity index (χ1) is 10.9. The maximum Gasteiger partial charge on any atom is 0.264 e.